The Bertz CT molecular complexity index is 462. The van der Waals surface area contributed by atoms with Crippen molar-refractivity contribution < 1.29 is 0 Å². The minimum absolute atomic E-state index is 0.892. The molecular formula is C10H10BrN3. The predicted molar refractivity (Wildman–Crippen MR) is 58.9 cm³/mol. The normalized spacial score (nSPS) is 10.5. The van der Waals surface area contributed by atoms with Gasteiger partial charge in [0.25, 0.3) is 0 Å². The summed E-state index contributed by atoms with van der Waals surface area (Å²) in [5, 5.41) is 8.14. The van der Waals surface area contributed by atoms with Crippen molar-refractivity contribution in [2.24, 2.45) is 7.05 Å². The van der Waals surface area contributed by atoms with Crippen LogP contribution in [0, 0.1) is 6.92 Å². The van der Waals surface area contributed by atoms with E-state index in [4.69, 9.17) is 0 Å². The number of halogens is 1. The Hall–Kier alpha value is -1.16. The number of hydrogen-bond donors (Lipinski definition) is 0. The van der Waals surface area contributed by atoms with Gasteiger partial charge in [-0.15, -0.1) is 10.2 Å². The number of nitrogens with zero attached hydrogens (tertiary/aromatic N) is 3. The van der Waals surface area contributed by atoms with Crippen molar-refractivity contribution >= 4 is 15.9 Å². The number of aromatic nitrogens is 3. The van der Waals surface area contributed by atoms with Gasteiger partial charge in [-0.3, -0.25) is 0 Å². The van der Waals surface area contributed by atoms with Gasteiger partial charge in [-0.1, -0.05) is 28.1 Å². The Morgan fingerprint density at radius 3 is 2.64 bits per heavy atom. The van der Waals surface area contributed by atoms with Gasteiger partial charge in [-0.2, -0.15) is 0 Å². The summed E-state index contributed by atoms with van der Waals surface area (Å²) in [6.45, 7) is 1.94. The highest BCUT2D eigenvalue weighted by molar-refractivity contribution is 9.10. The van der Waals surface area contributed by atoms with Crippen molar-refractivity contribution in [3.63, 3.8) is 0 Å². The van der Waals surface area contributed by atoms with Crippen molar-refractivity contribution in [3.05, 3.63) is 34.6 Å². The van der Waals surface area contributed by atoms with Crippen LogP contribution in [0.3, 0.4) is 0 Å². The molecule has 0 amide bonds. The highest BCUT2D eigenvalue weighted by Gasteiger charge is 2.06. The molecule has 0 bridgehead atoms. The van der Waals surface area contributed by atoms with Crippen LogP contribution in [0.2, 0.25) is 0 Å². The lowest BCUT2D eigenvalue weighted by Gasteiger charge is -2.01. The average molecular weight is 252 g/mol. The summed E-state index contributed by atoms with van der Waals surface area (Å²) in [6, 6.07) is 8.04. The number of aryl methyl sites for hydroxylation is 1. The second-order valence-corrected chi connectivity index (χ2v) is 4.06. The summed E-state index contributed by atoms with van der Waals surface area (Å²) in [5.41, 5.74) is 1.07. The first-order valence-corrected chi connectivity index (χ1v) is 5.09. The first-order chi connectivity index (χ1) is 6.68. The molecule has 0 fully saturated rings. The highest BCUT2D eigenvalue weighted by Crippen LogP contribution is 2.20. The fourth-order valence-corrected chi connectivity index (χ4v) is 1.69. The van der Waals surface area contributed by atoms with E-state index in [1.165, 1.54) is 0 Å². The quantitative estimate of drug-likeness (QED) is 0.780. The maximum Gasteiger partial charge on any atom is 0.163 e. The van der Waals surface area contributed by atoms with Gasteiger partial charge in [0.1, 0.15) is 5.82 Å². The Morgan fingerprint density at radius 2 is 2.07 bits per heavy atom. The second-order valence-electron chi connectivity index (χ2n) is 3.14. The SMILES string of the molecule is Cc1nnc(-c2cccc(Br)c2)n1C. The molecule has 3 nitrogen and oxygen atoms in total. The predicted octanol–water partition coefficient (Wildman–Crippen LogP) is 2.55. The van der Waals surface area contributed by atoms with E-state index in [1.54, 1.807) is 0 Å². The van der Waals surface area contributed by atoms with Crippen LogP contribution in [-0.2, 0) is 7.05 Å². The van der Waals surface area contributed by atoms with E-state index in [-0.39, 0.29) is 0 Å². The molecule has 0 unspecified atom stereocenters. The molecule has 0 radical (unpaired) electrons. The van der Waals surface area contributed by atoms with E-state index in [2.05, 4.69) is 26.1 Å². The zero-order chi connectivity index (χ0) is 10.1. The van der Waals surface area contributed by atoms with Crippen LogP contribution in [-0.4, -0.2) is 14.8 Å². The molecule has 1 aromatic heterocycles. The van der Waals surface area contributed by atoms with Crippen LogP contribution in [0.1, 0.15) is 5.82 Å². The van der Waals surface area contributed by atoms with Gasteiger partial charge in [0.15, 0.2) is 5.82 Å². The first kappa shape index (κ1) is 9.40. The van der Waals surface area contributed by atoms with E-state index in [0.29, 0.717) is 0 Å². The maximum atomic E-state index is 4.12. The summed E-state index contributed by atoms with van der Waals surface area (Å²) in [7, 11) is 1.96. The molecule has 1 aromatic carbocycles. The Kier molecular flexibility index (Phi) is 2.37. The van der Waals surface area contributed by atoms with Crippen molar-refractivity contribution in [2.75, 3.05) is 0 Å². The molecule has 2 rings (SSSR count). The largest absolute Gasteiger partial charge is 0.314 e. The van der Waals surface area contributed by atoms with Crippen LogP contribution in [0.25, 0.3) is 11.4 Å². The van der Waals surface area contributed by atoms with Crippen LogP contribution in [0.15, 0.2) is 28.7 Å². The number of rotatable bonds is 1. The molecule has 0 saturated carbocycles. The third-order valence-electron chi connectivity index (χ3n) is 2.18. The fraction of sp³-hybridized carbons (Fsp3) is 0.200. The summed E-state index contributed by atoms with van der Waals surface area (Å²) in [6.07, 6.45) is 0. The Balaban J connectivity index is 2.55. The van der Waals surface area contributed by atoms with Crippen LogP contribution in [0.4, 0.5) is 0 Å². The smallest absolute Gasteiger partial charge is 0.163 e. The minimum Gasteiger partial charge on any atom is -0.314 e. The molecule has 72 valence electrons. The van der Waals surface area contributed by atoms with Crippen LogP contribution in [0.5, 0.6) is 0 Å². The van der Waals surface area contributed by atoms with Crippen molar-refractivity contribution in [1.82, 2.24) is 14.8 Å². The maximum absolute atomic E-state index is 4.12. The lowest BCUT2D eigenvalue weighted by Crippen LogP contribution is -1.94. The summed E-state index contributed by atoms with van der Waals surface area (Å²) >= 11 is 3.43. The van der Waals surface area contributed by atoms with E-state index in [0.717, 1.165) is 21.7 Å². The minimum atomic E-state index is 0.892. The second kappa shape index (κ2) is 3.53. The topological polar surface area (TPSA) is 30.7 Å². The van der Waals surface area contributed by atoms with Gasteiger partial charge in [-0.05, 0) is 19.1 Å². The molecule has 0 atom stereocenters. The van der Waals surface area contributed by atoms with Gasteiger partial charge in [0, 0.05) is 17.1 Å². The van der Waals surface area contributed by atoms with E-state index in [1.807, 2.05) is 42.8 Å². The van der Waals surface area contributed by atoms with E-state index >= 15 is 0 Å². The molecule has 14 heavy (non-hydrogen) atoms. The third kappa shape index (κ3) is 1.57. The van der Waals surface area contributed by atoms with Crippen molar-refractivity contribution in [1.29, 1.82) is 0 Å². The van der Waals surface area contributed by atoms with Gasteiger partial charge in [-0.25, -0.2) is 0 Å². The molecule has 4 heteroatoms. The molecular weight excluding hydrogens is 242 g/mol. The van der Waals surface area contributed by atoms with Gasteiger partial charge < -0.3 is 4.57 Å². The zero-order valence-electron chi connectivity index (χ0n) is 8.03. The lowest BCUT2D eigenvalue weighted by molar-refractivity contribution is 0.865. The Morgan fingerprint density at radius 1 is 1.29 bits per heavy atom. The van der Waals surface area contributed by atoms with Crippen LogP contribution < -0.4 is 0 Å². The molecule has 2 aromatic rings. The average Bonchev–Trinajstić information content (AvgIpc) is 2.48. The van der Waals surface area contributed by atoms with E-state index in [9.17, 15) is 0 Å². The van der Waals surface area contributed by atoms with Crippen molar-refractivity contribution in [2.45, 2.75) is 6.92 Å². The van der Waals surface area contributed by atoms with Gasteiger partial charge >= 0.3 is 0 Å². The zero-order valence-corrected chi connectivity index (χ0v) is 9.62. The standard InChI is InChI=1S/C10H10BrN3/c1-7-12-13-10(14(7)2)8-4-3-5-9(11)6-8/h3-6H,1-2H3. The molecule has 0 saturated heterocycles. The summed E-state index contributed by atoms with van der Waals surface area (Å²) in [5.74, 6) is 1.81. The highest BCUT2D eigenvalue weighted by atomic mass is 79.9. The lowest BCUT2D eigenvalue weighted by atomic mass is 10.2. The number of hydrogen-bond acceptors (Lipinski definition) is 2. The molecule has 0 aliphatic carbocycles. The monoisotopic (exact) mass is 251 g/mol. The van der Waals surface area contributed by atoms with Crippen molar-refractivity contribution in [3.8, 4) is 11.4 Å². The molecule has 0 spiro atoms. The van der Waals surface area contributed by atoms with Crippen LogP contribution >= 0.6 is 15.9 Å². The molecule has 0 N–H and O–H groups in total. The first-order valence-electron chi connectivity index (χ1n) is 4.30. The molecule has 1 heterocycles. The number of benzene rings is 1. The molecule has 0 aliphatic rings. The molecule has 0 aliphatic heterocycles. The fourth-order valence-electron chi connectivity index (χ4n) is 1.29. The van der Waals surface area contributed by atoms with Gasteiger partial charge in [0.05, 0.1) is 0 Å². The van der Waals surface area contributed by atoms with E-state index < -0.39 is 0 Å². The third-order valence-corrected chi connectivity index (χ3v) is 2.67. The summed E-state index contributed by atoms with van der Waals surface area (Å²) in [4.78, 5) is 0. The van der Waals surface area contributed by atoms with Gasteiger partial charge in [0.2, 0.25) is 0 Å². The summed E-state index contributed by atoms with van der Waals surface area (Å²) < 4.78 is 3.03. The Labute approximate surface area is 90.9 Å².